The summed E-state index contributed by atoms with van der Waals surface area (Å²) >= 11 is 1.73. The summed E-state index contributed by atoms with van der Waals surface area (Å²) < 4.78 is 0. The van der Waals surface area contributed by atoms with E-state index < -0.39 is 0 Å². The molecule has 0 bridgehead atoms. The standard InChI is InChI=1S/C12H19N3OS/c1-4-13-11-6-5-10(9-14-11)12(16)15(2)7-8-17-3/h5-6,9H,4,7-8H2,1-3H3,(H,13,14). The Hall–Kier alpha value is -1.23. The number of anilines is 1. The lowest BCUT2D eigenvalue weighted by Crippen LogP contribution is -2.28. The predicted molar refractivity (Wildman–Crippen MR) is 73.7 cm³/mol. The third-order valence-corrected chi connectivity index (χ3v) is 2.94. The SMILES string of the molecule is CCNc1ccc(C(=O)N(C)CCSC)cn1. The molecule has 0 fully saturated rings. The van der Waals surface area contributed by atoms with Gasteiger partial charge in [-0.3, -0.25) is 4.79 Å². The molecular weight excluding hydrogens is 234 g/mol. The van der Waals surface area contributed by atoms with Crippen LogP contribution in [-0.2, 0) is 0 Å². The summed E-state index contributed by atoms with van der Waals surface area (Å²) in [6, 6.07) is 3.64. The second kappa shape index (κ2) is 7.17. The highest BCUT2D eigenvalue weighted by atomic mass is 32.2. The normalized spacial score (nSPS) is 10.1. The molecule has 0 aliphatic rings. The minimum Gasteiger partial charge on any atom is -0.370 e. The molecule has 1 aromatic rings. The quantitative estimate of drug-likeness (QED) is 0.841. The molecule has 0 spiro atoms. The Balaban J connectivity index is 2.62. The Morgan fingerprint density at radius 1 is 1.53 bits per heavy atom. The third kappa shape index (κ3) is 4.26. The van der Waals surface area contributed by atoms with Crippen LogP contribution < -0.4 is 5.32 Å². The largest absolute Gasteiger partial charge is 0.370 e. The van der Waals surface area contributed by atoms with Gasteiger partial charge in [0.25, 0.3) is 5.91 Å². The molecule has 17 heavy (non-hydrogen) atoms. The summed E-state index contributed by atoms with van der Waals surface area (Å²) in [5.74, 6) is 1.77. The smallest absolute Gasteiger partial charge is 0.255 e. The van der Waals surface area contributed by atoms with E-state index in [1.165, 1.54) is 0 Å². The van der Waals surface area contributed by atoms with Crippen molar-refractivity contribution in [2.75, 3.05) is 37.5 Å². The second-order valence-electron chi connectivity index (χ2n) is 3.68. The average Bonchev–Trinajstić information content (AvgIpc) is 2.36. The van der Waals surface area contributed by atoms with E-state index in [4.69, 9.17) is 0 Å². The van der Waals surface area contributed by atoms with Crippen LogP contribution in [-0.4, -0.2) is 47.9 Å². The van der Waals surface area contributed by atoms with Crippen molar-refractivity contribution in [1.82, 2.24) is 9.88 Å². The second-order valence-corrected chi connectivity index (χ2v) is 4.67. The molecule has 5 heteroatoms. The molecule has 0 aromatic carbocycles. The number of rotatable bonds is 6. The molecule has 1 aromatic heterocycles. The van der Waals surface area contributed by atoms with Gasteiger partial charge >= 0.3 is 0 Å². The van der Waals surface area contributed by atoms with Gasteiger partial charge in [-0.15, -0.1) is 0 Å². The van der Waals surface area contributed by atoms with Gasteiger partial charge in [0.1, 0.15) is 5.82 Å². The van der Waals surface area contributed by atoms with Crippen LogP contribution in [0.2, 0.25) is 0 Å². The van der Waals surface area contributed by atoms with E-state index in [-0.39, 0.29) is 5.91 Å². The Morgan fingerprint density at radius 3 is 2.82 bits per heavy atom. The number of amides is 1. The monoisotopic (exact) mass is 253 g/mol. The van der Waals surface area contributed by atoms with Crippen LogP contribution in [0, 0.1) is 0 Å². The summed E-state index contributed by atoms with van der Waals surface area (Å²) in [4.78, 5) is 17.9. The zero-order chi connectivity index (χ0) is 12.7. The van der Waals surface area contributed by atoms with Crippen LogP contribution in [0.15, 0.2) is 18.3 Å². The van der Waals surface area contributed by atoms with Gasteiger partial charge in [-0.25, -0.2) is 4.98 Å². The van der Waals surface area contributed by atoms with Gasteiger partial charge in [-0.2, -0.15) is 11.8 Å². The fourth-order valence-corrected chi connectivity index (χ4v) is 1.81. The molecule has 0 aliphatic heterocycles. The summed E-state index contributed by atoms with van der Waals surface area (Å²) in [5, 5.41) is 3.10. The highest BCUT2D eigenvalue weighted by molar-refractivity contribution is 7.98. The molecule has 0 saturated carbocycles. The van der Waals surface area contributed by atoms with Gasteiger partial charge in [0.2, 0.25) is 0 Å². The minimum absolute atomic E-state index is 0.0228. The first-order valence-corrected chi connectivity index (χ1v) is 7.02. The number of hydrogen-bond acceptors (Lipinski definition) is 4. The van der Waals surface area contributed by atoms with Crippen molar-refractivity contribution in [1.29, 1.82) is 0 Å². The van der Waals surface area contributed by atoms with Gasteiger partial charge in [-0.1, -0.05) is 0 Å². The van der Waals surface area contributed by atoms with Crippen molar-refractivity contribution in [3.8, 4) is 0 Å². The van der Waals surface area contributed by atoms with Crippen LogP contribution in [0.4, 0.5) is 5.82 Å². The number of carbonyl (C=O) groups is 1. The van der Waals surface area contributed by atoms with Gasteiger partial charge in [-0.05, 0) is 25.3 Å². The molecular formula is C12H19N3OS. The highest BCUT2D eigenvalue weighted by Crippen LogP contribution is 2.07. The third-order valence-electron chi connectivity index (χ3n) is 2.35. The summed E-state index contributed by atoms with van der Waals surface area (Å²) in [5.41, 5.74) is 0.634. The number of pyridine rings is 1. The first kappa shape index (κ1) is 13.8. The molecule has 0 atom stereocenters. The van der Waals surface area contributed by atoms with Gasteiger partial charge in [0.15, 0.2) is 0 Å². The van der Waals surface area contributed by atoms with Gasteiger partial charge in [0, 0.05) is 32.1 Å². The van der Waals surface area contributed by atoms with E-state index in [0.29, 0.717) is 5.56 Å². The van der Waals surface area contributed by atoms with Crippen molar-refractivity contribution in [2.45, 2.75) is 6.92 Å². The van der Waals surface area contributed by atoms with Crippen molar-refractivity contribution < 1.29 is 4.79 Å². The molecule has 0 aliphatic carbocycles. The zero-order valence-corrected chi connectivity index (χ0v) is 11.4. The number of hydrogen-bond donors (Lipinski definition) is 1. The van der Waals surface area contributed by atoms with Crippen molar-refractivity contribution in [2.24, 2.45) is 0 Å². The fraction of sp³-hybridized carbons (Fsp3) is 0.500. The molecule has 0 unspecified atom stereocenters. The molecule has 1 amide bonds. The Labute approximate surface area is 107 Å². The van der Waals surface area contributed by atoms with Crippen LogP contribution in [0.5, 0.6) is 0 Å². The molecule has 1 heterocycles. The van der Waals surface area contributed by atoms with E-state index in [1.54, 1.807) is 22.9 Å². The minimum atomic E-state index is 0.0228. The lowest BCUT2D eigenvalue weighted by molar-refractivity contribution is 0.0803. The van der Waals surface area contributed by atoms with E-state index in [2.05, 4.69) is 10.3 Å². The predicted octanol–water partition coefficient (Wildman–Crippen LogP) is 1.95. The molecule has 4 nitrogen and oxygen atoms in total. The molecule has 1 rings (SSSR count). The Kier molecular flexibility index (Phi) is 5.83. The van der Waals surface area contributed by atoms with Crippen LogP contribution in [0.3, 0.4) is 0 Å². The molecule has 94 valence electrons. The number of thioether (sulfide) groups is 1. The van der Waals surface area contributed by atoms with E-state index in [1.807, 2.05) is 32.4 Å². The maximum atomic E-state index is 12.0. The first-order chi connectivity index (χ1) is 8.19. The summed E-state index contributed by atoms with van der Waals surface area (Å²) in [6.07, 6.45) is 3.65. The maximum Gasteiger partial charge on any atom is 0.255 e. The number of carbonyl (C=O) groups excluding carboxylic acids is 1. The fourth-order valence-electron chi connectivity index (χ4n) is 1.36. The highest BCUT2D eigenvalue weighted by Gasteiger charge is 2.11. The lowest BCUT2D eigenvalue weighted by atomic mass is 10.2. The zero-order valence-electron chi connectivity index (χ0n) is 10.6. The van der Waals surface area contributed by atoms with Crippen LogP contribution >= 0.6 is 11.8 Å². The maximum absolute atomic E-state index is 12.0. The summed E-state index contributed by atoms with van der Waals surface area (Å²) in [6.45, 7) is 3.60. The number of aromatic nitrogens is 1. The van der Waals surface area contributed by atoms with E-state index >= 15 is 0 Å². The van der Waals surface area contributed by atoms with Crippen molar-refractivity contribution in [3.05, 3.63) is 23.9 Å². The number of nitrogens with one attached hydrogen (secondary N) is 1. The van der Waals surface area contributed by atoms with Crippen molar-refractivity contribution in [3.63, 3.8) is 0 Å². The Morgan fingerprint density at radius 2 is 2.29 bits per heavy atom. The van der Waals surface area contributed by atoms with Gasteiger partial charge in [0.05, 0.1) is 5.56 Å². The van der Waals surface area contributed by atoms with Crippen molar-refractivity contribution >= 4 is 23.5 Å². The first-order valence-electron chi connectivity index (χ1n) is 5.63. The number of nitrogens with zero attached hydrogens (tertiary/aromatic N) is 2. The topological polar surface area (TPSA) is 45.2 Å². The summed E-state index contributed by atoms with van der Waals surface area (Å²) in [7, 11) is 1.82. The van der Waals surface area contributed by atoms with E-state index in [9.17, 15) is 4.79 Å². The van der Waals surface area contributed by atoms with E-state index in [0.717, 1.165) is 24.7 Å². The lowest BCUT2D eigenvalue weighted by Gasteiger charge is -2.16. The van der Waals surface area contributed by atoms with Crippen LogP contribution in [0.1, 0.15) is 17.3 Å². The van der Waals surface area contributed by atoms with Gasteiger partial charge < -0.3 is 10.2 Å². The molecule has 1 N–H and O–H groups in total. The molecule has 0 radical (unpaired) electrons. The average molecular weight is 253 g/mol. The molecule has 0 saturated heterocycles. The van der Waals surface area contributed by atoms with Crippen LogP contribution in [0.25, 0.3) is 0 Å². The Bertz CT molecular complexity index is 353.